The lowest BCUT2D eigenvalue weighted by atomic mass is 9.98. The van der Waals surface area contributed by atoms with Gasteiger partial charge in [-0.1, -0.05) is 48.0 Å². The van der Waals surface area contributed by atoms with E-state index >= 15 is 0 Å². The second kappa shape index (κ2) is 8.14. The molecule has 0 saturated heterocycles. The Morgan fingerprint density at radius 3 is 2.40 bits per heavy atom. The van der Waals surface area contributed by atoms with Crippen LogP contribution >= 0.6 is 0 Å². The molecule has 6 nitrogen and oxygen atoms in total. The summed E-state index contributed by atoms with van der Waals surface area (Å²) in [7, 11) is -3.85. The Hall–Kier alpha value is -4.36. The minimum absolute atomic E-state index is 0.199. The maximum absolute atomic E-state index is 13.5. The average Bonchev–Trinajstić information content (AvgIpc) is 3.30. The molecule has 0 fully saturated rings. The van der Waals surface area contributed by atoms with Crippen molar-refractivity contribution in [2.75, 3.05) is 0 Å². The fraction of sp³-hybridized carbons (Fsp3) is 0.0357. The SMILES string of the molecule is Cc1ccc(-c2cc(-c3cn(S(=O)(=O)c4ccccc4)c4ncccc34)nc3cnccc23)cc1. The van der Waals surface area contributed by atoms with Crippen molar-refractivity contribution in [3.63, 3.8) is 0 Å². The summed E-state index contributed by atoms with van der Waals surface area (Å²) in [6.45, 7) is 2.05. The van der Waals surface area contributed by atoms with Crippen LogP contribution in [0.2, 0.25) is 0 Å². The summed E-state index contributed by atoms with van der Waals surface area (Å²) >= 11 is 0. The monoisotopic (exact) mass is 476 g/mol. The smallest absolute Gasteiger partial charge is 0.262 e. The highest BCUT2D eigenvalue weighted by Crippen LogP contribution is 2.36. The first-order valence-corrected chi connectivity index (χ1v) is 12.6. The first kappa shape index (κ1) is 21.2. The molecular weight excluding hydrogens is 456 g/mol. The molecule has 0 unspecified atom stereocenters. The molecule has 4 heterocycles. The highest BCUT2D eigenvalue weighted by atomic mass is 32.2. The molecule has 0 amide bonds. The Balaban J connectivity index is 1.63. The van der Waals surface area contributed by atoms with E-state index in [-0.39, 0.29) is 4.90 Å². The van der Waals surface area contributed by atoms with Gasteiger partial charge in [-0.05, 0) is 54.4 Å². The van der Waals surface area contributed by atoms with Gasteiger partial charge >= 0.3 is 0 Å². The van der Waals surface area contributed by atoms with E-state index in [2.05, 4.69) is 41.2 Å². The van der Waals surface area contributed by atoms with Crippen molar-refractivity contribution < 1.29 is 8.42 Å². The van der Waals surface area contributed by atoms with Gasteiger partial charge in [-0.3, -0.25) is 4.98 Å². The molecule has 35 heavy (non-hydrogen) atoms. The van der Waals surface area contributed by atoms with Crippen LogP contribution < -0.4 is 0 Å². The van der Waals surface area contributed by atoms with Gasteiger partial charge in [0.05, 0.1) is 22.3 Å². The van der Waals surface area contributed by atoms with Crippen LogP contribution in [0.4, 0.5) is 0 Å². The second-order valence-electron chi connectivity index (χ2n) is 8.35. The molecule has 4 aromatic heterocycles. The zero-order valence-electron chi connectivity index (χ0n) is 18.8. The Kier molecular flexibility index (Phi) is 4.93. The predicted octanol–water partition coefficient (Wildman–Crippen LogP) is 5.86. The Morgan fingerprint density at radius 2 is 1.60 bits per heavy atom. The number of fused-ring (bicyclic) bond motifs is 2. The molecule has 6 aromatic rings. The molecule has 2 aromatic carbocycles. The van der Waals surface area contributed by atoms with Crippen molar-refractivity contribution in [2.24, 2.45) is 0 Å². The number of rotatable bonds is 4. The largest absolute Gasteiger partial charge is 0.269 e. The molecule has 0 spiro atoms. The lowest BCUT2D eigenvalue weighted by Gasteiger charge is -2.10. The minimum Gasteiger partial charge on any atom is -0.262 e. The van der Waals surface area contributed by atoms with Gasteiger partial charge in [0.25, 0.3) is 10.0 Å². The van der Waals surface area contributed by atoms with Crippen LogP contribution in [0.3, 0.4) is 0 Å². The van der Waals surface area contributed by atoms with E-state index in [1.165, 1.54) is 9.54 Å². The second-order valence-corrected chi connectivity index (χ2v) is 10.2. The molecule has 0 aliphatic rings. The van der Waals surface area contributed by atoms with Gasteiger partial charge in [-0.25, -0.2) is 22.4 Å². The van der Waals surface area contributed by atoms with E-state index in [0.29, 0.717) is 22.3 Å². The fourth-order valence-electron chi connectivity index (χ4n) is 4.31. The Bertz CT molecular complexity index is 1810. The maximum atomic E-state index is 13.5. The zero-order chi connectivity index (χ0) is 24.0. The van der Waals surface area contributed by atoms with E-state index < -0.39 is 10.0 Å². The highest BCUT2D eigenvalue weighted by molar-refractivity contribution is 7.90. The van der Waals surface area contributed by atoms with Gasteiger partial charge in [0.15, 0.2) is 5.65 Å². The number of nitrogens with zero attached hydrogens (tertiary/aromatic N) is 4. The molecule has 0 aliphatic carbocycles. The van der Waals surface area contributed by atoms with Gasteiger partial charge in [0.1, 0.15) is 0 Å². The molecule has 0 saturated carbocycles. The van der Waals surface area contributed by atoms with Crippen molar-refractivity contribution in [1.82, 2.24) is 18.9 Å². The number of aryl methyl sites for hydroxylation is 1. The quantitative estimate of drug-likeness (QED) is 0.319. The van der Waals surface area contributed by atoms with Gasteiger partial charge in [-0.15, -0.1) is 0 Å². The van der Waals surface area contributed by atoms with Crippen LogP contribution in [0, 0.1) is 6.92 Å². The van der Waals surface area contributed by atoms with Crippen LogP contribution in [0.25, 0.3) is 44.3 Å². The summed E-state index contributed by atoms with van der Waals surface area (Å²) in [5.41, 5.74) is 5.66. The topological polar surface area (TPSA) is 77.7 Å². The summed E-state index contributed by atoms with van der Waals surface area (Å²) in [6.07, 6.45) is 6.69. The molecule has 7 heteroatoms. The van der Waals surface area contributed by atoms with Crippen LogP contribution in [0.15, 0.2) is 109 Å². The average molecular weight is 477 g/mol. The van der Waals surface area contributed by atoms with Gasteiger partial charge in [-0.2, -0.15) is 0 Å². The normalized spacial score (nSPS) is 11.8. The summed E-state index contributed by atoms with van der Waals surface area (Å²) in [4.78, 5) is 13.8. The van der Waals surface area contributed by atoms with Crippen molar-refractivity contribution in [3.05, 3.63) is 109 Å². The maximum Gasteiger partial charge on any atom is 0.269 e. The molecule has 0 aliphatic heterocycles. The summed E-state index contributed by atoms with van der Waals surface area (Å²) in [5.74, 6) is 0. The van der Waals surface area contributed by atoms with Crippen LogP contribution in [0.5, 0.6) is 0 Å². The molecule has 170 valence electrons. The van der Waals surface area contributed by atoms with Gasteiger partial charge in [0.2, 0.25) is 0 Å². The molecule has 6 rings (SSSR count). The van der Waals surface area contributed by atoms with Crippen molar-refractivity contribution >= 4 is 32.0 Å². The highest BCUT2D eigenvalue weighted by Gasteiger charge is 2.23. The van der Waals surface area contributed by atoms with E-state index in [1.807, 2.05) is 18.2 Å². The number of hydrogen-bond donors (Lipinski definition) is 0. The standard InChI is InChI=1S/C28H20N4O2S/c1-19-9-11-20(12-10-19)24-16-26(31-27-17-29-15-13-22(24)27)25-18-32(28-23(25)8-5-14-30-28)35(33,34)21-6-3-2-4-7-21/h2-18H,1H3. The lowest BCUT2D eigenvalue weighted by molar-refractivity contribution is 0.589. The fourth-order valence-corrected chi connectivity index (χ4v) is 5.66. The predicted molar refractivity (Wildman–Crippen MR) is 137 cm³/mol. The summed E-state index contributed by atoms with van der Waals surface area (Å²) in [5, 5.41) is 1.68. The van der Waals surface area contributed by atoms with Gasteiger partial charge in [0, 0.05) is 34.9 Å². The van der Waals surface area contributed by atoms with Crippen molar-refractivity contribution in [3.8, 4) is 22.4 Å². The van der Waals surface area contributed by atoms with Crippen LogP contribution in [0.1, 0.15) is 5.56 Å². The van der Waals surface area contributed by atoms with Crippen LogP contribution in [-0.2, 0) is 10.0 Å². The van der Waals surface area contributed by atoms with E-state index in [9.17, 15) is 8.42 Å². The molecule has 0 radical (unpaired) electrons. The molecule has 0 bridgehead atoms. The summed E-state index contributed by atoms with van der Waals surface area (Å²) < 4.78 is 28.3. The Labute approximate surface area is 202 Å². The minimum atomic E-state index is -3.85. The Morgan fingerprint density at radius 1 is 0.800 bits per heavy atom. The third-order valence-corrected chi connectivity index (χ3v) is 7.75. The van der Waals surface area contributed by atoms with Gasteiger partial charge < -0.3 is 0 Å². The lowest BCUT2D eigenvalue weighted by Crippen LogP contribution is -2.12. The van der Waals surface area contributed by atoms with E-state index in [0.717, 1.165) is 22.0 Å². The molecule has 0 N–H and O–H groups in total. The number of hydrogen-bond acceptors (Lipinski definition) is 5. The van der Waals surface area contributed by atoms with E-state index in [4.69, 9.17) is 4.98 Å². The van der Waals surface area contributed by atoms with E-state index in [1.54, 1.807) is 61.2 Å². The number of aromatic nitrogens is 4. The first-order valence-electron chi connectivity index (χ1n) is 11.1. The number of benzene rings is 2. The first-order chi connectivity index (χ1) is 17.0. The zero-order valence-corrected chi connectivity index (χ0v) is 19.6. The summed E-state index contributed by atoms with van der Waals surface area (Å²) in [6, 6.07) is 24.3. The molecule has 0 atom stereocenters. The van der Waals surface area contributed by atoms with Crippen molar-refractivity contribution in [2.45, 2.75) is 11.8 Å². The third-order valence-electron chi connectivity index (χ3n) is 6.08. The third kappa shape index (κ3) is 3.57. The molecular formula is C28H20N4O2S. The number of pyridine rings is 3. The van der Waals surface area contributed by atoms with Crippen LogP contribution in [-0.4, -0.2) is 27.3 Å². The van der Waals surface area contributed by atoms with Crippen molar-refractivity contribution in [1.29, 1.82) is 0 Å².